The van der Waals surface area contributed by atoms with Gasteiger partial charge in [0.25, 0.3) is 11.8 Å². The first kappa shape index (κ1) is 19.6. The van der Waals surface area contributed by atoms with Crippen molar-refractivity contribution in [1.82, 2.24) is 19.4 Å². The van der Waals surface area contributed by atoms with Crippen LogP contribution < -0.4 is 0 Å². The second-order valence-corrected chi connectivity index (χ2v) is 7.31. The van der Waals surface area contributed by atoms with E-state index in [9.17, 15) is 14.4 Å². The van der Waals surface area contributed by atoms with Gasteiger partial charge in [-0.15, -0.1) is 0 Å². The molecule has 0 N–H and O–H groups in total. The molecule has 152 valence electrons. The molecule has 4 rings (SSSR count). The van der Waals surface area contributed by atoms with Gasteiger partial charge in [0.1, 0.15) is 0 Å². The lowest BCUT2D eigenvalue weighted by Gasteiger charge is -2.39. The van der Waals surface area contributed by atoms with Gasteiger partial charge in [0.15, 0.2) is 0 Å². The minimum Gasteiger partial charge on any atom is -0.335 e. The number of hydrogen-bond acceptors (Lipinski definition) is 4. The standard InChI is InChI=1S/C23H22N4O3/c1-17-15-25(22(29)19-5-3-2-4-6-19)13-14-27(17)23(30)21(28)18-7-9-20(10-8-18)26-12-11-24-16-26/h2-12,16-17H,13-15H2,1H3/t17-/m1/s1. The van der Waals surface area contributed by atoms with Crippen LogP contribution in [0.2, 0.25) is 0 Å². The van der Waals surface area contributed by atoms with Gasteiger partial charge in [-0.1, -0.05) is 18.2 Å². The van der Waals surface area contributed by atoms with Gasteiger partial charge in [-0.2, -0.15) is 0 Å². The predicted octanol–water partition coefficient (Wildman–Crippen LogP) is 2.43. The van der Waals surface area contributed by atoms with Crippen LogP contribution in [0.25, 0.3) is 5.69 Å². The molecule has 0 bridgehead atoms. The van der Waals surface area contributed by atoms with E-state index in [1.807, 2.05) is 29.7 Å². The SMILES string of the molecule is C[C@@H]1CN(C(=O)c2ccccc2)CCN1C(=O)C(=O)c1ccc(-n2ccnc2)cc1. The molecule has 2 aromatic carbocycles. The molecule has 1 saturated heterocycles. The molecule has 0 unspecified atom stereocenters. The Morgan fingerprint density at radius 3 is 2.30 bits per heavy atom. The summed E-state index contributed by atoms with van der Waals surface area (Å²) < 4.78 is 1.82. The van der Waals surface area contributed by atoms with E-state index in [0.717, 1.165) is 5.69 Å². The molecule has 1 aliphatic heterocycles. The first-order chi connectivity index (χ1) is 14.5. The number of benzene rings is 2. The summed E-state index contributed by atoms with van der Waals surface area (Å²) in [6.07, 6.45) is 5.14. The second-order valence-electron chi connectivity index (χ2n) is 7.31. The third-order valence-electron chi connectivity index (χ3n) is 5.32. The number of piperazine rings is 1. The fraction of sp³-hybridized carbons (Fsp3) is 0.217. The Hall–Kier alpha value is -3.74. The monoisotopic (exact) mass is 402 g/mol. The summed E-state index contributed by atoms with van der Waals surface area (Å²) in [4.78, 5) is 45.5. The number of ketones is 1. The highest BCUT2D eigenvalue weighted by molar-refractivity contribution is 6.42. The van der Waals surface area contributed by atoms with E-state index in [4.69, 9.17) is 0 Å². The zero-order valence-electron chi connectivity index (χ0n) is 16.6. The van der Waals surface area contributed by atoms with E-state index in [0.29, 0.717) is 30.8 Å². The van der Waals surface area contributed by atoms with E-state index in [1.165, 1.54) is 0 Å². The highest BCUT2D eigenvalue weighted by atomic mass is 16.2. The molecule has 0 saturated carbocycles. The van der Waals surface area contributed by atoms with Crippen LogP contribution in [-0.4, -0.2) is 62.6 Å². The summed E-state index contributed by atoms with van der Waals surface area (Å²) in [5, 5.41) is 0. The average molecular weight is 402 g/mol. The molecule has 0 spiro atoms. The lowest BCUT2D eigenvalue weighted by atomic mass is 10.1. The smallest absolute Gasteiger partial charge is 0.295 e. The van der Waals surface area contributed by atoms with Gasteiger partial charge in [0.2, 0.25) is 5.78 Å². The van der Waals surface area contributed by atoms with Crippen molar-refractivity contribution in [3.8, 4) is 5.69 Å². The van der Waals surface area contributed by atoms with Crippen molar-refractivity contribution < 1.29 is 14.4 Å². The summed E-state index contributed by atoms with van der Waals surface area (Å²) >= 11 is 0. The van der Waals surface area contributed by atoms with Gasteiger partial charge in [-0.25, -0.2) is 4.98 Å². The molecular formula is C23H22N4O3. The van der Waals surface area contributed by atoms with Crippen molar-refractivity contribution in [3.63, 3.8) is 0 Å². The van der Waals surface area contributed by atoms with Gasteiger partial charge >= 0.3 is 0 Å². The molecule has 0 radical (unpaired) electrons. The maximum Gasteiger partial charge on any atom is 0.295 e. The van der Waals surface area contributed by atoms with Crippen molar-refractivity contribution >= 4 is 17.6 Å². The summed E-state index contributed by atoms with van der Waals surface area (Å²) in [5.74, 6) is -1.14. The van der Waals surface area contributed by atoms with Gasteiger partial charge in [-0.05, 0) is 43.3 Å². The number of carbonyl (C=O) groups is 3. The molecule has 1 aromatic heterocycles. The maximum atomic E-state index is 12.8. The molecule has 1 atom stereocenters. The van der Waals surface area contributed by atoms with E-state index >= 15 is 0 Å². The highest BCUT2D eigenvalue weighted by Crippen LogP contribution is 2.16. The van der Waals surface area contributed by atoms with Crippen molar-refractivity contribution in [2.45, 2.75) is 13.0 Å². The lowest BCUT2D eigenvalue weighted by Crippen LogP contribution is -2.56. The Kier molecular flexibility index (Phi) is 5.43. The molecular weight excluding hydrogens is 380 g/mol. The van der Waals surface area contributed by atoms with Crippen molar-refractivity contribution in [1.29, 1.82) is 0 Å². The summed E-state index contributed by atoms with van der Waals surface area (Å²) in [6, 6.07) is 15.7. The summed E-state index contributed by atoms with van der Waals surface area (Å²) in [6.45, 7) is 2.98. The Bertz CT molecular complexity index is 1050. The zero-order valence-corrected chi connectivity index (χ0v) is 16.6. The van der Waals surface area contributed by atoms with Crippen molar-refractivity contribution in [2.24, 2.45) is 0 Å². The normalized spacial score (nSPS) is 16.4. The largest absolute Gasteiger partial charge is 0.335 e. The van der Waals surface area contributed by atoms with E-state index in [2.05, 4.69) is 4.98 Å². The topological polar surface area (TPSA) is 75.5 Å². The van der Waals surface area contributed by atoms with E-state index in [-0.39, 0.29) is 11.9 Å². The Morgan fingerprint density at radius 1 is 0.933 bits per heavy atom. The number of rotatable bonds is 4. The number of nitrogens with zero attached hydrogens (tertiary/aromatic N) is 4. The molecule has 3 aromatic rings. The zero-order chi connectivity index (χ0) is 21.1. The van der Waals surface area contributed by atoms with Crippen LogP contribution in [0.3, 0.4) is 0 Å². The van der Waals surface area contributed by atoms with Crippen LogP contribution in [0.15, 0.2) is 73.3 Å². The van der Waals surface area contributed by atoms with Crippen LogP contribution in [0, 0.1) is 0 Å². The van der Waals surface area contributed by atoms with Crippen LogP contribution in [0.5, 0.6) is 0 Å². The molecule has 2 heterocycles. The molecule has 2 amide bonds. The fourth-order valence-electron chi connectivity index (χ4n) is 3.66. The quantitative estimate of drug-likeness (QED) is 0.496. The molecule has 7 nitrogen and oxygen atoms in total. The number of hydrogen-bond donors (Lipinski definition) is 0. The van der Waals surface area contributed by atoms with E-state index in [1.54, 1.807) is 64.9 Å². The van der Waals surface area contributed by atoms with Gasteiger partial charge in [-0.3, -0.25) is 14.4 Å². The summed E-state index contributed by atoms with van der Waals surface area (Å²) in [7, 11) is 0. The van der Waals surface area contributed by atoms with Crippen molar-refractivity contribution in [3.05, 3.63) is 84.4 Å². The molecule has 1 aliphatic rings. The van der Waals surface area contributed by atoms with Crippen LogP contribution in [0.1, 0.15) is 27.6 Å². The Morgan fingerprint density at radius 2 is 1.67 bits per heavy atom. The average Bonchev–Trinajstić information content (AvgIpc) is 3.33. The Labute approximate surface area is 174 Å². The fourth-order valence-corrected chi connectivity index (χ4v) is 3.66. The number of Topliss-reactive ketones (excluding diaryl/α,β-unsaturated/α-hetero) is 1. The third-order valence-corrected chi connectivity index (χ3v) is 5.32. The number of imidazole rings is 1. The predicted molar refractivity (Wildman–Crippen MR) is 111 cm³/mol. The first-order valence-corrected chi connectivity index (χ1v) is 9.82. The van der Waals surface area contributed by atoms with Crippen LogP contribution >= 0.6 is 0 Å². The van der Waals surface area contributed by atoms with Gasteiger partial charge < -0.3 is 14.4 Å². The van der Waals surface area contributed by atoms with E-state index < -0.39 is 11.7 Å². The van der Waals surface area contributed by atoms with Crippen LogP contribution in [0.4, 0.5) is 0 Å². The van der Waals surface area contributed by atoms with Crippen LogP contribution in [-0.2, 0) is 4.79 Å². The Balaban J connectivity index is 1.41. The van der Waals surface area contributed by atoms with Gasteiger partial charge in [0.05, 0.1) is 6.33 Å². The summed E-state index contributed by atoms with van der Waals surface area (Å²) in [5.41, 5.74) is 1.83. The first-order valence-electron chi connectivity index (χ1n) is 9.82. The second kappa shape index (κ2) is 8.32. The third kappa shape index (κ3) is 3.87. The molecule has 1 fully saturated rings. The molecule has 7 heteroatoms. The highest BCUT2D eigenvalue weighted by Gasteiger charge is 2.33. The van der Waals surface area contributed by atoms with Crippen molar-refractivity contribution in [2.75, 3.05) is 19.6 Å². The number of carbonyl (C=O) groups excluding carboxylic acids is 3. The maximum absolute atomic E-state index is 12.8. The lowest BCUT2D eigenvalue weighted by molar-refractivity contribution is -0.130. The van der Waals surface area contributed by atoms with Gasteiger partial charge in [0, 0.05) is 54.9 Å². The number of amides is 2. The molecule has 30 heavy (non-hydrogen) atoms. The minimum atomic E-state index is -0.540. The molecule has 0 aliphatic carbocycles. The minimum absolute atomic E-state index is 0.0593. The number of aromatic nitrogens is 2.